The normalized spacial score (nSPS) is 17.0. The van der Waals surface area contributed by atoms with Gasteiger partial charge in [-0.2, -0.15) is 5.10 Å². The third kappa shape index (κ3) is 4.21. The van der Waals surface area contributed by atoms with Gasteiger partial charge in [0.1, 0.15) is 15.9 Å². The van der Waals surface area contributed by atoms with Crippen molar-refractivity contribution in [2.75, 3.05) is 18.6 Å². The van der Waals surface area contributed by atoms with E-state index >= 15 is 0 Å². The smallest absolute Gasteiger partial charge is 0.150 e. The third-order valence-electron chi connectivity index (χ3n) is 3.99. The number of aryl methyl sites for hydroxylation is 1. The topological polar surface area (TPSA) is 88.3 Å². The average molecular weight is 371 g/mol. The van der Waals surface area contributed by atoms with Gasteiger partial charge in [-0.25, -0.2) is 13.4 Å². The van der Waals surface area contributed by atoms with Crippen molar-refractivity contribution in [1.29, 1.82) is 0 Å². The van der Waals surface area contributed by atoms with Gasteiger partial charge in [0.05, 0.1) is 34.4 Å². The van der Waals surface area contributed by atoms with Gasteiger partial charge in [0.2, 0.25) is 0 Å². The van der Waals surface area contributed by atoms with Crippen molar-refractivity contribution in [3.8, 4) is 0 Å². The largest absolute Gasteiger partial charge is 0.386 e. The highest BCUT2D eigenvalue weighted by atomic mass is 32.2. The first-order chi connectivity index (χ1) is 11.3. The fraction of sp³-hybridized carbons (Fsp3) is 0.600. The molecule has 1 aliphatic rings. The first kappa shape index (κ1) is 17.5. The Morgan fingerprint density at radius 3 is 2.88 bits per heavy atom. The molecule has 0 bridgehead atoms. The van der Waals surface area contributed by atoms with Crippen LogP contribution in [-0.4, -0.2) is 51.7 Å². The molecule has 132 valence electrons. The third-order valence-corrected chi connectivity index (χ3v) is 5.95. The Balaban J connectivity index is 1.67. The van der Waals surface area contributed by atoms with Crippen LogP contribution < -0.4 is 0 Å². The van der Waals surface area contributed by atoms with Crippen LogP contribution in [0.5, 0.6) is 0 Å². The predicted octanol–water partition coefficient (Wildman–Crippen LogP) is 0.996. The Morgan fingerprint density at radius 2 is 2.21 bits per heavy atom. The zero-order valence-electron chi connectivity index (χ0n) is 13.8. The summed E-state index contributed by atoms with van der Waals surface area (Å²) in [5, 5.41) is 17.7. The molecule has 0 aromatic carbocycles. The van der Waals surface area contributed by atoms with Gasteiger partial charge in [-0.1, -0.05) is 6.92 Å². The van der Waals surface area contributed by atoms with Gasteiger partial charge in [0.15, 0.2) is 0 Å². The van der Waals surface area contributed by atoms with E-state index < -0.39 is 15.9 Å². The Morgan fingerprint density at radius 1 is 1.42 bits per heavy atom. The lowest BCUT2D eigenvalue weighted by molar-refractivity contribution is 0.191. The molecule has 1 unspecified atom stereocenters. The van der Waals surface area contributed by atoms with Crippen molar-refractivity contribution < 1.29 is 13.5 Å². The average Bonchev–Trinajstić information content (AvgIpc) is 3.11. The highest BCUT2D eigenvalue weighted by Crippen LogP contribution is 2.21. The molecule has 3 rings (SSSR count). The molecule has 1 atom stereocenters. The fourth-order valence-electron chi connectivity index (χ4n) is 2.83. The summed E-state index contributed by atoms with van der Waals surface area (Å²) in [6.07, 6.45) is 1.00. The van der Waals surface area contributed by atoms with Gasteiger partial charge in [-0.3, -0.25) is 9.58 Å². The first-order valence-corrected chi connectivity index (χ1v) is 10.9. The first-order valence-electron chi connectivity index (χ1n) is 7.92. The minimum absolute atomic E-state index is 0.300. The molecule has 3 heterocycles. The van der Waals surface area contributed by atoms with E-state index in [0.29, 0.717) is 5.69 Å². The molecule has 2 aromatic heterocycles. The Labute approximate surface area is 145 Å². The highest BCUT2D eigenvalue weighted by Gasteiger charge is 2.23. The minimum atomic E-state index is -3.24. The molecule has 0 saturated carbocycles. The summed E-state index contributed by atoms with van der Waals surface area (Å²) in [6, 6.07) is 1.81. The number of fused-ring (bicyclic) bond motifs is 1. The molecule has 0 saturated heterocycles. The van der Waals surface area contributed by atoms with Crippen molar-refractivity contribution in [3.05, 3.63) is 33.5 Å². The number of sulfone groups is 1. The summed E-state index contributed by atoms with van der Waals surface area (Å²) >= 11 is 1.69. The van der Waals surface area contributed by atoms with Crippen LogP contribution in [0.4, 0.5) is 0 Å². The van der Waals surface area contributed by atoms with Gasteiger partial charge >= 0.3 is 0 Å². The van der Waals surface area contributed by atoms with E-state index in [1.807, 2.05) is 4.68 Å². The lowest BCUT2D eigenvalue weighted by Gasteiger charge is -2.26. The molecule has 9 heteroatoms. The lowest BCUT2D eigenvalue weighted by Crippen LogP contribution is -2.33. The number of aliphatic hydroxyl groups excluding tert-OH is 1. The second-order valence-corrected chi connectivity index (χ2v) is 9.32. The van der Waals surface area contributed by atoms with Crippen molar-refractivity contribution in [3.63, 3.8) is 0 Å². The quantitative estimate of drug-likeness (QED) is 0.816. The zero-order chi connectivity index (χ0) is 17.3. The van der Waals surface area contributed by atoms with Crippen LogP contribution in [-0.2, 0) is 35.9 Å². The number of aromatic nitrogens is 3. The molecule has 0 aliphatic carbocycles. The number of rotatable bonds is 6. The molecule has 0 spiro atoms. The minimum Gasteiger partial charge on any atom is -0.386 e. The van der Waals surface area contributed by atoms with Gasteiger partial charge in [-0.15, -0.1) is 11.3 Å². The Hall–Kier alpha value is -1.29. The summed E-state index contributed by atoms with van der Waals surface area (Å²) in [6.45, 7) is 5.20. The van der Waals surface area contributed by atoms with Gasteiger partial charge in [0.25, 0.3) is 0 Å². The number of hydrogen-bond donors (Lipinski definition) is 1. The van der Waals surface area contributed by atoms with Gasteiger partial charge in [-0.05, 0) is 12.5 Å². The molecular formula is C15H22N4O3S2. The van der Waals surface area contributed by atoms with E-state index in [2.05, 4.69) is 27.3 Å². The molecule has 0 radical (unpaired) electrons. The number of thiazole rings is 1. The van der Waals surface area contributed by atoms with Gasteiger partial charge in [0, 0.05) is 31.3 Å². The maximum absolute atomic E-state index is 11.3. The van der Waals surface area contributed by atoms with Crippen molar-refractivity contribution in [2.45, 2.75) is 39.1 Å². The van der Waals surface area contributed by atoms with E-state index in [9.17, 15) is 13.5 Å². The number of nitrogens with zero attached hydrogens (tertiary/aromatic N) is 4. The van der Waals surface area contributed by atoms with Crippen LogP contribution in [0, 0.1) is 0 Å². The van der Waals surface area contributed by atoms with E-state index in [4.69, 9.17) is 0 Å². The van der Waals surface area contributed by atoms with Crippen LogP contribution >= 0.6 is 11.3 Å². The molecule has 0 amide bonds. The maximum Gasteiger partial charge on any atom is 0.150 e. The fourth-order valence-corrected chi connectivity index (χ4v) is 4.31. The lowest BCUT2D eigenvalue weighted by atomic mass is 10.2. The van der Waals surface area contributed by atoms with Crippen LogP contribution in [0.1, 0.15) is 35.1 Å². The molecule has 2 aromatic rings. The maximum atomic E-state index is 11.3. The summed E-state index contributed by atoms with van der Waals surface area (Å²) in [7, 11) is -3.24. The monoisotopic (exact) mass is 370 g/mol. The van der Waals surface area contributed by atoms with Crippen LogP contribution in [0.25, 0.3) is 0 Å². The predicted molar refractivity (Wildman–Crippen MR) is 92.5 cm³/mol. The van der Waals surface area contributed by atoms with Crippen molar-refractivity contribution >= 4 is 21.2 Å². The summed E-state index contributed by atoms with van der Waals surface area (Å²) in [5.41, 5.74) is 2.51. The van der Waals surface area contributed by atoms with Crippen molar-refractivity contribution in [1.82, 2.24) is 19.7 Å². The SMILES string of the molecule is CCc1nc(CN2CCn3nc(C(O)CS(C)(=O)=O)cc3C2)cs1. The number of hydrogen-bond acceptors (Lipinski definition) is 7. The highest BCUT2D eigenvalue weighted by molar-refractivity contribution is 7.90. The second-order valence-electron chi connectivity index (χ2n) is 6.19. The van der Waals surface area contributed by atoms with E-state index in [-0.39, 0.29) is 5.75 Å². The van der Waals surface area contributed by atoms with E-state index in [1.165, 1.54) is 0 Å². The summed E-state index contributed by atoms with van der Waals surface area (Å²) in [5.74, 6) is -0.300. The molecule has 1 N–H and O–H groups in total. The summed E-state index contributed by atoms with van der Waals surface area (Å²) < 4.78 is 24.5. The molecule has 24 heavy (non-hydrogen) atoms. The van der Waals surface area contributed by atoms with Crippen LogP contribution in [0.15, 0.2) is 11.4 Å². The van der Waals surface area contributed by atoms with Crippen LogP contribution in [0.3, 0.4) is 0 Å². The van der Waals surface area contributed by atoms with Gasteiger partial charge < -0.3 is 5.11 Å². The van der Waals surface area contributed by atoms with Crippen LogP contribution in [0.2, 0.25) is 0 Å². The second kappa shape index (κ2) is 6.91. The molecule has 0 fully saturated rings. The van der Waals surface area contributed by atoms with E-state index in [0.717, 1.165) is 55.3 Å². The molecular weight excluding hydrogens is 348 g/mol. The standard InChI is InChI=1S/C15H22N4O3S2/c1-3-15-16-11(9-23-15)7-18-4-5-19-12(8-18)6-13(17-19)14(20)10-24(2,21)22/h6,9,14,20H,3-5,7-8,10H2,1-2H3. The Kier molecular flexibility index (Phi) is 5.05. The van der Waals surface area contributed by atoms with E-state index in [1.54, 1.807) is 17.4 Å². The summed E-state index contributed by atoms with van der Waals surface area (Å²) in [4.78, 5) is 6.89. The molecule has 1 aliphatic heterocycles. The van der Waals surface area contributed by atoms with Crippen molar-refractivity contribution in [2.24, 2.45) is 0 Å². The zero-order valence-corrected chi connectivity index (χ0v) is 15.5. The number of aliphatic hydroxyl groups is 1. The molecule has 7 nitrogen and oxygen atoms in total. The Bertz CT molecular complexity index is 813.